The van der Waals surface area contributed by atoms with E-state index in [1.165, 1.54) is 12.8 Å². The zero-order chi connectivity index (χ0) is 13.9. The molecule has 1 aliphatic heterocycles. The molecule has 1 aromatic carbocycles. The number of carbonyl (C=O) groups is 1. The van der Waals surface area contributed by atoms with Crippen molar-refractivity contribution < 1.29 is 9.21 Å². The molecular formula is C15H19N3O2. The minimum atomic E-state index is 0.0540. The minimum absolute atomic E-state index is 0.0540. The molecule has 2 aromatic rings. The van der Waals surface area contributed by atoms with Crippen LogP contribution in [0.2, 0.25) is 0 Å². The lowest BCUT2D eigenvalue weighted by Crippen LogP contribution is -2.23. The molecule has 106 valence electrons. The molecule has 0 spiro atoms. The van der Waals surface area contributed by atoms with Gasteiger partial charge in [-0.15, -0.1) is 0 Å². The number of aryl methyl sites for hydroxylation is 1. The third kappa shape index (κ3) is 2.99. The molecule has 1 fully saturated rings. The summed E-state index contributed by atoms with van der Waals surface area (Å²) in [6.07, 6.45) is 3.84. The van der Waals surface area contributed by atoms with Gasteiger partial charge in [0.2, 0.25) is 5.91 Å². The molecule has 5 nitrogen and oxygen atoms in total. The molecule has 1 aliphatic rings. The molecule has 1 amide bonds. The number of anilines is 1. The van der Waals surface area contributed by atoms with Gasteiger partial charge in [0.1, 0.15) is 5.52 Å². The summed E-state index contributed by atoms with van der Waals surface area (Å²) in [5.74, 6) is 0.689. The molecule has 1 saturated heterocycles. The number of benzene rings is 1. The average Bonchev–Trinajstić information content (AvgIpc) is 3.04. The number of hydrogen-bond acceptors (Lipinski definition) is 4. The normalized spacial score (nSPS) is 18.6. The van der Waals surface area contributed by atoms with Gasteiger partial charge in [0, 0.05) is 25.1 Å². The summed E-state index contributed by atoms with van der Waals surface area (Å²) in [5, 5.41) is 6.32. The monoisotopic (exact) mass is 273 g/mol. The zero-order valence-corrected chi connectivity index (χ0v) is 11.6. The Kier molecular flexibility index (Phi) is 3.69. The smallest absolute Gasteiger partial charge is 0.224 e. The molecule has 1 unspecified atom stereocenters. The van der Waals surface area contributed by atoms with Crippen molar-refractivity contribution in [3.63, 3.8) is 0 Å². The van der Waals surface area contributed by atoms with Gasteiger partial charge in [-0.05, 0) is 44.0 Å². The molecule has 20 heavy (non-hydrogen) atoms. The quantitative estimate of drug-likeness (QED) is 0.898. The molecule has 0 bridgehead atoms. The van der Waals surface area contributed by atoms with E-state index in [1.807, 2.05) is 25.1 Å². The van der Waals surface area contributed by atoms with Gasteiger partial charge >= 0.3 is 0 Å². The first-order valence-corrected chi connectivity index (χ1v) is 7.11. The number of nitrogens with zero attached hydrogens (tertiary/aromatic N) is 1. The Morgan fingerprint density at radius 2 is 2.45 bits per heavy atom. The van der Waals surface area contributed by atoms with Crippen LogP contribution in [0.1, 0.15) is 31.6 Å². The Hall–Kier alpha value is -1.88. The molecule has 2 heterocycles. The summed E-state index contributed by atoms with van der Waals surface area (Å²) < 4.78 is 5.41. The van der Waals surface area contributed by atoms with Gasteiger partial charge in [-0.2, -0.15) is 0 Å². The third-order valence-corrected chi connectivity index (χ3v) is 3.66. The van der Waals surface area contributed by atoms with Crippen LogP contribution < -0.4 is 10.6 Å². The third-order valence-electron chi connectivity index (χ3n) is 3.66. The number of nitrogens with one attached hydrogen (secondary N) is 2. The van der Waals surface area contributed by atoms with Crippen molar-refractivity contribution >= 4 is 22.7 Å². The van der Waals surface area contributed by atoms with Crippen LogP contribution >= 0.6 is 0 Å². The van der Waals surface area contributed by atoms with Gasteiger partial charge in [0.15, 0.2) is 11.5 Å². The summed E-state index contributed by atoms with van der Waals surface area (Å²) in [7, 11) is 0. The molecule has 0 aliphatic carbocycles. The Labute approximate surface area is 117 Å². The van der Waals surface area contributed by atoms with E-state index in [0.717, 1.165) is 29.8 Å². The fourth-order valence-corrected chi connectivity index (χ4v) is 2.65. The first-order valence-electron chi connectivity index (χ1n) is 7.11. The zero-order valence-electron chi connectivity index (χ0n) is 11.6. The number of amides is 1. The van der Waals surface area contributed by atoms with Crippen LogP contribution in [0.3, 0.4) is 0 Å². The first-order chi connectivity index (χ1) is 9.70. The molecule has 1 aromatic heterocycles. The number of rotatable bonds is 4. The van der Waals surface area contributed by atoms with Crippen molar-refractivity contribution in [3.05, 3.63) is 24.1 Å². The minimum Gasteiger partial charge on any atom is -0.441 e. The van der Waals surface area contributed by atoms with Crippen LogP contribution in [0.25, 0.3) is 11.1 Å². The maximum atomic E-state index is 11.9. The summed E-state index contributed by atoms with van der Waals surface area (Å²) >= 11 is 0. The summed E-state index contributed by atoms with van der Waals surface area (Å²) in [4.78, 5) is 16.2. The molecule has 2 N–H and O–H groups in total. The lowest BCUT2D eigenvalue weighted by atomic mass is 10.1. The van der Waals surface area contributed by atoms with Crippen molar-refractivity contribution in [2.45, 2.75) is 38.6 Å². The number of aromatic nitrogens is 1. The van der Waals surface area contributed by atoms with Crippen molar-refractivity contribution in [1.82, 2.24) is 10.3 Å². The van der Waals surface area contributed by atoms with E-state index < -0.39 is 0 Å². The lowest BCUT2D eigenvalue weighted by molar-refractivity contribution is -0.116. The predicted molar refractivity (Wildman–Crippen MR) is 77.6 cm³/mol. The Bertz CT molecular complexity index is 615. The fourth-order valence-electron chi connectivity index (χ4n) is 2.65. The van der Waals surface area contributed by atoms with Gasteiger partial charge < -0.3 is 15.1 Å². The number of carbonyl (C=O) groups excluding carboxylic acids is 1. The van der Waals surface area contributed by atoms with Crippen LogP contribution in [0.4, 0.5) is 5.69 Å². The molecule has 0 saturated carbocycles. The van der Waals surface area contributed by atoms with E-state index in [-0.39, 0.29) is 5.91 Å². The van der Waals surface area contributed by atoms with E-state index in [1.54, 1.807) is 0 Å². The number of hydrogen-bond donors (Lipinski definition) is 2. The summed E-state index contributed by atoms with van der Waals surface area (Å²) in [6.45, 7) is 2.89. The second-order valence-electron chi connectivity index (χ2n) is 5.30. The highest BCUT2D eigenvalue weighted by atomic mass is 16.3. The highest BCUT2D eigenvalue weighted by Gasteiger charge is 2.15. The van der Waals surface area contributed by atoms with E-state index >= 15 is 0 Å². The van der Waals surface area contributed by atoms with Crippen molar-refractivity contribution in [3.8, 4) is 0 Å². The van der Waals surface area contributed by atoms with E-state index in [2.05, 4.69) is 15.6 Å². The fraction of sp³-hybridized carbons (Fsp3) is 0.467. The second kappa shape index (κ2) is 5.63. The highest BCUT2D eigenvalue weighted by Crippen LogP contribution is 2.20. The second-order valence-corrected chi connectivity index (χ2v) is 5.30. The first kappa shape index (κ1) is 13.1. The van der Waals surface area contributed by atoms with Crippen molar-refractivity contribution in [2.75, 3.05) is 11.9 Å². The average molecular weight is 273 g/mol. The Morgan fingerprint density at radius 1 is 1.55 bits per heavy atom. The molecule has 0 radical (unpaired) electrons. The van der Waals surface area contributed by atoms with Crippen LogP contribution in [0.15, 0.2) is 22.6 Å². The van der Waals surface area contributed by atoms with Crippen molar-refractivity contribution in [1.29, 1.82) is 0 Å². The highest BCUT2D eigenvalue weighted by molar-refractivity contribution is 5.92. The molecule has 5 heteroatoms. The van der Waals surface area contributed by atoms with E-state index in [4.69, 9.17) is 4.42 Å². The van der Waals surface area contributed by atoms with Gasteiger partial charge in [0.05, 0.1) is 0 Å². The van der Waals surface area contributed by atoms with Gasteiger partial charge in [-0.25, -0.2) is 4.98 Å². The lowest BCUT2D eigenvalue weighted by Gasteiger charge is -2.09. The van der Waals surface area contributed by atoms with Gasteiger partial charge in [-0.3, -0.25) is 4.79 Å². The van der Waals surface area contributed by atoms with Crippen LogP contribution in [0.5, 0.6) is 0 Å². The van der Waals surface area contributed by atoms with Crippen molar-refractivity contribution in [2.24, 2.45) is 0 Å². The van der Waals surface area contributed by atoms with E-state index in [0.29, 0.717) is 18.4 Å². The number of fused-ring (bicyclic) bond motifs is 1. The van der Waals surface area contributed by atoms with E-state index in [9.17, 15) is 4.79 Å². The SMILES string of the molecule is Cc1nc2cc(NC(=O)CCC3CCCN3)ccc2o1. The topological polar surface area (TPSA) is 67.2 Å². The van der Waals surface area contributed by atoms with Crippen LogP contribution in [0, 0.1) is 6.92 Å². The largest absolute Gasteiger partial charge is 0.441 e. The maximum Gasteiger partial charge on any atom is 0.224 e. The maximum absolute atomic E-state index is 11.9. The van der Waals surface area contributed by atoms with Gasteiger partial charge in [-0.1, -0.05) is 0 Å². The molecular weight excluding hydrogens is 254 g/mol. The summed E-state index contributed by atoms with van der Waals surface area (Å²) in [6, 6.07) is 6.03. The Balaban J connectivity index is 1.58. The molecule has 3 rings (SSSR count). The standard InChI is InChI=1S/C15H19N3O2/c1-10-17-13-9-12(4-6-14(13)20-10)18-15(19)7-5-11-3-2-8-16-11/h4,6,9,11,16H,2-3,5,7-8H2,1H3,(H,18,19). The summed E-state index contributed by atoms with van der Waals surface area (Å²) in [5.41, 5.74) is 2.29. The predicted octanol–water partition coefficient (Wildman–Crippen LogP) is 2.61. The Morgan fingerprint density at radius 3 is 3.25 bits per heavy atom. The molecule has 1 atom stereocenters. The van der Waals surface area contributed by atoms with Crippen LogP contribution in [-0.4, -0.2) is 23.5 Å². The van der Waals surface area contributed by atoms with Crippen LogP contribution in [-0.2, 0) is 4.79 Å². The number of oxazole rings is 1. The van der Waals surface area contributed by atoms with Gasteiger partial charge in [0.25, 0.3) is 0 Å².